The van der Waals surface area contributed by atoms with Crippen molar-refractivity contribution in [2.24, 2.45) is 22.7 Å². The number of Topliss-reactive ketones (excluding diaryl/α,β-unsaturated/α-hetero) is 1. The molecule has 282 valence electrons. The van der Waals surface area contributed by atoms with Gasteiger partial charge in [-0.2, -0.15) is 11.8 Å². The van der Waals surface area contributed by atoms with Crippen molar-refractivity contribution >= 4 is 41.3 Å². The Hall–Kier alpha value is -2.60. The van der Waals surface area contributed by atoms with Gasteiger partial charge in [0.1, 0.15) is 12.1 Å². The Labute approximate surface area is 301 Å². The number of unbranched alkanes of at least 4 members (excludes halogenated alkanes) is 2. The summed E-state index contributed by atoms with van der Waals surface area (Å²) in [6.07, 6.45) is 6.02. The summed E-state index contributed by atoms with van der Waals surface area (Å²) in [5.41, 5.74) is -0.902. The molecule has 0 aromatic rings. The molecule has 0 saturated carbocycles. The summed E-state index contributed by atoms with van der Waals surface area (Å²) in [4.78, 5) is 69.1. The van der Waals surface area contributed by atoms with Crippen LogP contribution in [-0.4, -0.2) is 96.3 Å². The summed E-state index contributed by atoms with van der Waals surface area (Å²) in [5, 5.41) is 14.9. The van der Waals surface area contributed by atoms with Crippen molar-refractivity contribution < 1.29 is 24.0 Å². The smallest absolute Gasteiger partial charge is 0.315 e. The first-order valence-corrected chi connectivity index (χ1v) is 19.4. The van der Waals surface area contributed by atoms with Gasteiger partial charge in [0.2, 0.25) is 17.6 Å². The van der Waals surface area contributed by atoms with E-state index < -0.39 is 47.2 Å². The van der Waals surface area contributed by atoms with Crippen LogP contribution in [0.15, 0.2) is 12.7 Å². The third-order valence-corrected chi connectivity index (χ3v) is 10.1. The second-order valence-electron chi connectivity index (χ2n) is 15.7. The van der Waals surface area contributed by atoms with Crippen molar-refractivity contribution in [2.75, 3.05) is 37.7 Å². The molecule has 11 nitrogen and oxygen atoms in total. The molecule has 0 aromatic carbocycles. The second kappa shape index (κ2) is 21.6. The first kappa shape index (κ1) is 44.4. The summed E-state index contributed by atoms with van der Waals surface area (Å²) in [6, 6.07) is -3.41. The molecule has 1 unspecified atom stereocenters. The number of amides is 5. The Kier molecular flexibility index (Phi) is 19.6. The molecule has 0 aliphatic carbocycles. The SMILES string of the molecule is C=CCNC(=O)C(=O)C(CCCC)NC(=O)[C@@H]1[C@@H](C(C)C)CCN1C(=O)[C@@H](NC(=O)N[C@H](CNCCCCSCC)C(C)(C)C)C(C)(C)C. The van der Waals surface area contributed by atoms with E-state index in [1.54, 1.807) is 4.90 Å². The number of thioether (sulfide) groups is 1. The highest BCUT2D eigenvalue weighted by molar-refractivity contribution is 7.99. The molecule has 0 aromatic heterocycles. The van der Waals surface area contributed by atoms with Gasteiger partial charge in [0.05, 0.1) is 6.04 Å². The molecule has 1 aliphatic rings. The van der Waals surface area contributed by atoms with Gasteiger partial charge >= 0.3 is 6.03 Å². The van der Waals surface area contributed by atoms with Crippen LogP contribution in [0.5, 0.6) is 0 Å². The number of carbonyl (C=O) groups excluding carboxylic acids is 5. The zero-order valence-corrected chi connectivity index (χ0v) is 32.9. The highest BCUT2D eigenvalue weighted by Gasteiger charge is 2.47. The molecular formula is C37H68N6O5S. The minimum atomic E-state index is -1.01. The van der Waals surface area contributed by atoms with E-state index in [1.165, 1.54) is 6.08 Å². The van der Waals surface area contributed by atoms with Crippen molar-refractivity contribution in [3.05, 3.63) is 12.7 Å². The fourth-order valence-corrected chi connectivity index (χ4v) is 6.70. The van der Waals surface area contributed by atoms with Crippen LogP contribution in [0, 0.1) is 22.7 Å². The van der Waals surface area contributed by atoms with E-state index in [1.807, 2.05) is 53.3 Å². The van der Waals surface area contributed by atoms with Crippen LogP contribution in [0.2, 0.25) is 0 Å². The van der Waals surface area contributed by atoms with E-state index in [2.05, 4.69) is 60.9 Å². The summed E-state index contributed by atoms with van der Waals surface area (Å²) in [6.45, 7) is 25.6. The van der Waals surface area contributed by atoms with Crippen molar-refractivity contribution in [3.8, 4) is 0 Å². The van der Waals surface area contributed by atoms with E-state index >= 15 is 0 Å². The van der Waals surface area contributed by atoms with Crippen LogP contribution in [-0.2, 0) is 19.2 Å². The molecule has 1 saturated heterocycles. The molecule has 0 radical (unpaired) electrons. The normalized spacial score (nSPS) is 18.4. The molecule has 0 spiro atoms. The van der Waals surface area contributed by atoms with Crippen LogP contribution in [0.25, 0.3) is 0 Å². The van der Waals surface area contributed by atoms with E-state index in [4.69, 9.17) is 0 Å². The molecule has 49 heavy (non-hydrogen) atoms. The number of hydrogen-bond donors (Lipinski definition) is 5. The van der Waals surface area contributed by atoms with Gasteiger partial charge in [0, 0.05) is 25.7 Å². The molecule has 5 N–H and O–H groups in total. The van der Waals surface area contributed by atoms with E-state index in [9.17, 15) is 24.0 Å². The van der Waals surface area contributed by atoms with Gasteiger partial charge in [-0.1, -0.05) is 88.2 Å². The van der Waals surface area contributed by atoms with Crippen molar-refractivity contribution in [3.63, 3.8) is 0 Å². The highest BCUT2D eigenvalue weighted by Crippen LogP contribution is 2.33. The van der Waals surface area contributed by atoms with Crippen LogP contribution < -0.4 is 26.6 Å². The maximum atomic E-state index is 14.4. The number of nitrogens with zero attached hydrogens (tertiary/aromatic N) is 1. The largest absolute Gasteiger partial charge is 0.346 e. The molecule has 5 amide bonds. The van der Waals surface area contributed by atoms with Gasteiger partial charge in [-0.05, 0) is 66.4 Å². The molecule has 5 atom stereocenters. The summed E-state index contributed by atoms with van der Waals surface area (Å²) < 4.78 is 0. The Bertz CT molecular complexity index is 1090. The number of ketones is 1. The zero-order chi connectivity index (χ0) is 37.4. The van der Waals surface area contributed by atoms with E-state index in [-0.39, 0.29) is 35.7 Å². The summed E-state index contributed by atoms with van der Waals surface area (Å²) >= 11 is 1.94. The quantitative estimate of drug-likeness (QED) is 0.0662. The monoisotopic (exact) mass is 708 g/mol. The summed E-state index contributed by atoms with van der Waals surface area (Å²) in [7, 11) is 0. The van der Waals surface area contributed by atoms with Crippen LogP contribution in [0.1, 0.15) is 108 Å². The lowest BCUT2D eigenvalue weighted by atomic mass is 9.84. The van der Waals surface area contributed by atoms with E-state index in [0.717, 1.165) is 37.3 Å². The molecular weight excluding hydrogens is 641 g/mol. The molecule has 0 bridgehead atoms. The second-order valence-corrected chi connectivity index (χ2v) is 17.1. The number of likely N-dealkylation sites (tertiary alicyclic amines) is 1. The first-order valence-electron chi connectivity index (χ1n) is 18.3. The predicted molar refractivity (Wildman–Crippen MR) is 201 cm³/mol. The van der Waals surface area contributed by atoms with Gasteiger partial charge in [0.25, 0.3) is 5.91 Å². The van der Waals surface area contributed by atoms with Gasteiger partial charge in [-0.15, -0.1) is 6.58 Å². The standard InChI is InChI=1S/C37H68N6O5S/c1-12-15-18-27(30(44)33(46)39-20-13-2)40-32(45)29-26(25(4)5)19-22-43(29)34(47)31(37(9,10)11)42-35(48)41-28(36(6,7)8)24-38-21-16-17-23-49-14-3/h13,25-29,31,38H,2,12,14-24H2,1,3-11H3,(H,39,46)(H,40,45)(H2,41,42,48)/t26-,27?,28-,29+,31-/m1/s1. The highest BCUT2D eigenvalue weighted by atomic mass is 32.2. The third kappa shape index (κ3) is 15.0. The first-order chi connectivity index (χ1) is 22.9. The average molecular weight is 709 g/mol. The van der Waals surface area contributed by atoms with Gasteiger partial charge in [0.15, 0.2) is 0 Å². The summed E-state index contributed by atoms with van der Waals surface area (Å²) in [5.74, 6) is -0.120. The average Bonchev–Trinajstić information content (AvgIpc) is 3.47. The minimum absolute atomic E-state index is 0.0732. The lowest BCUT2D eigenvalue weighted by molar-refractivity contribution is -0.144. The number of hydrogen-bond acceptors (Lipinski definition) is 7. The van der Waals surface area contributed by atoms with Crippen molar-refractivity contribution in [1.82, 2.24) is 31.5 Å². The van der Waals surface area contributed by atoms with Crippen LogP contribution in [0.4, 0.5) is 4.79 Å². The Morgan fingerprint density at radius 3 is 2.16 bits per heavy atom. The molecule has 1 rings (SSSR count). The lowest BCUT2D eigenvalue weighted by Gasteiger charge is -2.38. The van der Waals surface area contributed by atoms with Crippen molar-refractivity contribution in [2.45, 2.75) is 132 Å². The van der Waals surface area contributed by atoms with E-state index in [0.29, 0.717) is 32.4 Å². The third-order valence-electron chi connectivity index (χ3n) is 9.15. The zero-order valence-electron chi connectivity index (χ0n) is 32.1. The van der Waals surface area contributed by atoms with Crippen LogP contribution >= 0.6 is 11.8 Å². The molecule has 1 aliphatic heterocycles. The maximum Gasteiger partial charge on any atom is 0.315 e. The molecule has 1 heterocycles. The maximum absolute atomic E-state index is 14.4. The fraction of sp³-hybridized carbons (Fsp3) is 0.811. The van der Waals surface area contributed by atoms with Gasteiger partial charge in [-0.25, -0.2) is 4.79 Å². The number of carbonyl (C=O) groups is 5. The topological polar surface area (TPSA) is 149 Å². The Morgan fingerprint density at radius 2 is 1.61 bits per heavy atom. The Balaban J connectivity index is 3.19. The van der Waals surface area contributed by atoms with Gasteiger partial charge in [-0.3, -0.25) is 19.2 Å². The lowest BCUT2D eigenvalue weighted by Crippen LogP contribution is -2.62. The minimum Gasteiger partial charge on any atom is -0.346 e. The van der Waals surface area contributed by atoms with Crippen molar-refractivity contribution in [1.29, 1.82) is 0 Å². The molecule has 12 heteroatoms. The Morgan fingerprint density at radius 1 is 0.939 bits per heavy atom. The molecule has 1 fully saturated rings. The van der Waals surface area contributed by atoms with Gasteiger partial charge < -0.3 is 31.5 Å². The number of urea groups is 1. The fourth-order valence-electron chi connectivity index (χ4n) is 6.01. The predicted octanol–water partition coefficient (Wildman–Crippen LogP) is 4.66. The number of rotatable bonds is 21. The number of nitrogens with one attached hydrogen (secondary N) is 5. The van der Waals surface area contributed by atoms with Crippen LogP contribution in [0.3, 0.4) is 0 Å².